The van der Waals surface area contributed by atoms with Gasteiger partial charge in [0.25, 0.3) is 11.8 Å². The van der Waals surface area contributed by atoms with Gasteiger partial charge in [-0.25, -0.2) is 0 Å². The van der Waals surface area contributed by atoms with Crippen molar-refractivity contribution in [3.05, 3.63) is 83.1 Å². The van der Waals surface area contributed by atoms with Crippen LogP contribution in [0.4, 0.5) is 5.69 Å². The molecule has 6 heteroatoms. The zero-order chi connectivity index (χ0) is 21.2. The van der Waals surface area contributed by atoms with Gasteiger partial charge in [-0.05, 0) is 73.2 Å². The van der Waals surface area contributed by atoms with Crippen LogP contribution in [-0.2, 0) is 11.2 Å². The van der Waals surface area contributed by atoms with E-state index in [-0.39, 0.29) is 17.9 Å². The lowest BCUT2D eigenvalue weighted by Gasteiger charge is -2.25. The molecule has 0 spiro atoms. The van der Waals surface area contributed by atoms with E-state index in [1.807, 2.05) is 48.5 Å². The molecule has 2 aliphatic rings. The van der Waals surface area contributed by atoms with Gasteiger partial charge < -0.3 is 5.32 Å². The number of carbonyl (C=O) groups excluding carboxylic acids is 2. The molecule has 2 aromatic carbocycles. The molecule has 1 aliphatic carbocycles. The summed E-state index contributed by atoms with van der Waals surface area (Å²) >= 11 is 0. The molecule has 0 fully saturated rings. The largest absolute Gasteiger partial charge is 0.322 e. The van der Waals surface area contributed by atoms with Crippen molar-refractivity contribution in [3.63, 3.8) is 0 Å². The molecule has 0 saturated heterocycles. The predicted octanol–water partition coefficient (Wildman–Crippen LogP) is 5.26. The minimum atomic E-state index is -0.176. The van der Waals surface area contributed by atoms with Crippen LogP contribution in [0.3, 0.4) is 0 Å². The maximum Gasteiger partial charge on any atom is 0.291 e. The molecule has 0 bridgehead atoms. The molecule has 5 rings (SSSR count). The van der Waals surface area contributed by atoms with Crippen molar-refractivity contribution in [2.45, 2.75) is 38.1 Å². The van der Waals surface area contributed by atoms with Crippen molar-refractivity contribution in [1.29, 1.82) is 0 Å². The number of fused-ring (bicyclic) bond motifs is 1. The van der Waals surface area contributed by atoms with Crippen LogP contribution in [-0.4, -0.2) is 22.8 Å². The number of nitrogens with zero attached hydrogens (tertiary/aromatic N) is 3. The summed E-state index contributed by atoms with van der Waals surface area (Å²) in [6.07, 6.45) is 6.21. The molecule has 154 valence electrons. The fourth-order valence-electron chi connectivity index (χ4n) is 4.38. The molecule has 3 aromatic rings. The van der Waals surface area contributed by atoms with Gasteiger partial charge in [-0.1, -0.05) is 18.2 Å². The first-order valence-electron chi connectivity index (χ1n) is 10.6. The molecule has 2 heterocycles. The quantitative estimate of drug-likeness (QED) is 0.637. The van der Waals surface area contributed by atoms with Crippen molar-refractivity contribution < 1.29 is 9.59 Å². The Morgan fingerprint density at radius 2 is 1.94 bits per heavy atom. The molecule has 31 heavy (non-hydrogen) atoms. The second-order valence-electron chi connectivity index (χ2n) is 8.02. The monoisotopic (exact) mass is 410 g/mol. The van der Waals surface area contributed by atoms with E-state index in [2.05, 4.69) is 20.5 Å². The van der Waals surface area contributed by atoms with E-state index in [0.29, 0.717) is 12.0 Å². The number of hydrogen-bond donors (Lipinski definition) is 1. The zero-order valence-corrected chi connectivity index (χ0v) is 17.0. The van der Waals surface area contributed by atoms with Crippen LogP contribution in [0.2, 0.25) is 0 Å². The normalized spacial score (nSPS) is 18.2. The van der Waals surface area contributed by atoms with Gasteiger partial charge in [0.2, 0.25) is 0 Å². The molecular weight excluding hydrogens is 388 g/mol. The smallest absolute Gasteiger partial charge is 0.291 e. The SMILES string of the molecule is O=C1N=NC(Cc2cccc(C(=O)Nc3ccc4ncccc4c3)c2)C2=C1CCCC2. The first kappa shape index (κ1) is 19.3. The third kappa shape index (κ3) is 4.01. The predicted molar refractivity (Wildman–Crippen MR) is 119 cm³/mol. The summed E-state index contributed by atoms with van der Waals surface area (Å²) in [6.45, 7) is 0. The molecule has 1 unspecified atom stereocenters. The van der Waals surface area contributed by atoms with Gasteiger partial charge >= 0.3 is 0 Å². The van der Waals surface area contributed by atoms with E-state index in [4.69, 9.17) is 0 Å². The van der Waals surface area contributed by atoms with Crippen LogP contribution in [0.25, 0.3) is 10.9 Å². The summed E-state index contributed by atoms with van der Waals surface area (Å²) in [5, 5.41) is 12.1. The molecule has 0 saturated carbocycles. The van der Waals surface area contributed by atoms with Gasteiger partial charge in [0.05, 0.1) is 11.6 Å². The summed E-state index contributed by atoms with van der Waals surface area (Å²) in [5.41, 5.74) is 5.19. The zero-order valence-electron chi connectivity index (χ0n) is 17.0. The molecule has 1 aromatic heterocycles. The lowest BCUT2D eigenvalue weighted by atomic mass is 9.84. The van der Waals surface area contributed by atoms with E-state index >= 15 is 0 Å². The molecule has 1 N–H and O–H groups in total. The highest BCUT2D eigenvalue weighted by atomic mass is 16.2. The number of carbonyl (C=O) groups is 2. The van der Waals surface area contributed by atoms with Crippen LogP contribution in [0.15, 0.2) is 82.2 Å². The van der Waals surface area contributed by atoms with Crippen LogP contribution < -0.4 is 5.32 Å². The average molecular weight is 410 g/mol. The number of amides is 2. The summed E-state index contributed by atoms with van der Waals surface area (Å²) in [6, 6.07) is 17.0. The molecule has 1 aliphatic heterocycles. The number of benzene rings is 2. The van der Waals surface area contributed by atoms with Crippen molar-refractivity contribution >= 4 is 28.4 Å². The number of rotatable bonds is 4. The summed E-state index contributed by atoms with van der Waals surface area (Å²) in [4.78, 5) is 29.2. The molecule has 0 radical (unpaired) electrons. The number of anilines is 1. The lowest BCUT2D eigenvalue weighted by Crippen LogP contribution is -2.23. The minimum Gasteiger partial charge on any atom is -0.322 e. The van der Waals surface area contributed by atoms with E-state index in [1.54, 1.807) is 12.3 Å². The van der Waals surface area contributed by atoms with Gasteiger partial charge in [-0.2, -0.15) is 5.11 Å². The van der Waals surface area contributed by atoms with Gasteiger partial charge in [0.15, 0.2) is 0 Å². The third-order valence-electron chi connectivity index (χ3n) is 5.94. The molecule has 2 amide bonds. The summed E-state index contributed by atoms with van der Waals surface area (Å²) in [5.74, 6) is -0.340. The molecule has 1 atom stereocenters. The van der Waals surface area contributed by atoms with E-state index in [0.717, 1.165) is 59.0 Å². The number of pyridine rings is 1. The Labute approximate surface area is 180 Å². The Morgan fingerprint density at radius 1 is 1.03 bits per heavy atom. The fourth-order valence-corrected chi connectivity index (χ4v) is 4.38. The second kappa shape index (κ2) is 8.22. The summed E-state index contributed by atoms with van der Waals surface area (Å²) in [7, 11) is 0. The topological polar surface area (TPSA) is 83.8 Å². The fraction of sp³-hybridized carbons (Fsp3) is 0.240. The number of hydrogen-bond acceptors (Lipinski definition) is 4. The van der Waals surface area contributed by atoms with E-state index in [9.17, 15) is 9.59 Å². The molecule has 6 nitrogen and oxygen atoms in total. The highest BCUT2D eigenvalue weighted by Gasteiger charge is 2.29. The lowest BCUT2D eigenvalue weighted by molar-refractivity contribution is -0.115. The highest BCUT2D eigenvalue weighted by Crippen LogP contribution is 2.33. The van der Waals surface area contributed by atoms with Crippen LogP contribution in [0.5, 0.6) is 0 Å². The first-order valence-corrected chi connectivity index (χ1v) is 10.6. The van der Waals surface area contributed by atoms with Crippen molar-refractivity contribution in [2.75, 3.05) is 5.32 Å². The van der Waals surface area contributed by atoms with Gasteiger partial charge in [0.1, 0.15) is 0 Å². The van der Waals surface area contributed by atoms with Crippen LogP contribution in [0, 0.1) is 0 Å². The van der Waals surface area contributed by atoms with Crippen molar-refractivity contribution in [2.24, 2.45) is 10.2 Å². The van der Waals surface area contributed by atoms with Gasteiger partial charge in [-0.3, -0.25) is 14.6 Å². The Balaban J connectivity index is 1.33. The number of azo groups is 1. The van der Waals surface area contributed by atoms with E-state index in [1.165, 1.54) is 0 Å². The standard InChI is InChI=1S/C25H22N4O2/c30-24(27-19-10-11-22-17(15-19)7-4-12-26-22)18-6-3-5-16(13-18)14-23-20-8-1-2-9-21(20)25(31)29-28-23/h3-7,10-13,15,23H,1-2,8-9,14H2,(H,27,30). The Hall–Kier alpha value is -3.67. The maximum atomic E-state index is 12.8. The van der Waals surface area contributed by atoms with Crippen molar-refractivity contribution in [3.8, 4) is 0 Å². The van der Waals surface area contributed by atoms with Crippen LogP contribution >= 0.6 is 0 Å². The first-order chi connectivity index (χ1) is 15.2. The number of aromatic nitrogens is 1. The average Bonchev–Trinajstić information content (AvgIpc) is 2.81. The summed E-state index contributed by atoms with van der Waals surface area (Å²) < 4.78 is 0. The third-order valence-corrected chi connectivity index (χ3v) is 5.94. The van der Waals surface area contributed by atoms with Gasteiger partial charge in [-0.15, -0.1) is 5.11 Å². The second-order valence-corrected chi connectivity index (χ2v) is 8.02. The van der Waals surface area contributed by atoms with Gasteiger partial charge in [0, 0.05) is 34.8 Å². The minimum absolute atomic E-state index is 0.112. The van der Waals surface area contributed by atoms with E-state index < -0.39 is 0 Å². The van der Waals surface area contributed by atoms with Crippen LogP contribution in [0.1, 0.15) is 41.6 Å². The molecular formula is C25H22N4O2. The Kier molecular flexibility index (Phi) is 5.12. The maximum absolute atomic E-state index is 12.8. The Bertz CT molecular complexity index is 1250. The highest BCUT2D eigenvalue weighted by molar-refractivity contribution is 6.05. The number of nitrogens with one attached hydrogen (secondary N) is 1. The van der Waals surface area contributed by atoms with Crippen molar-refractivity contribution in [1.82, 2.24) is 4.98 Å². The Morgan fingerprint density at radius 3 is 2.87 bits per heavy atom.